The third-order valence-corrected chi connectivity index (χ3v) is 5.81. The van der Waals surface area contributed by atoms with Crippen molar-refractivity contribution in [3.63, 3.8) is 0 Å². The van der Waals surface area contributed by atoms with E-state index in [0.717, 1.165) is 28.4 Å². The second kappa shape index (κ2) is 6.15. The quantitative estimate of drug-likeness (QED) is 0.845. The van der Waals surface area contributed by atoms with E-state index in [1.165, 1.54) is 0 Å². The molecule has 1 aliphatic carbocycles. The highest BCUT2D eigenvalue weighted by molar-refractivity contribution is 9.10. The van der Waals surface area contributed by atoms with Crippen LogP contribution in [0.4, 0.5) is 4.79 Å². The first kappa shape index (κ1) is 16.3. The number of likely N-dealkylation sites (tertiary alicyclic amines) is 1. The molecule has 1 saturated heterocycles. The average Bonchev–Trinajstić information content (AvgIpc) is 3.04. The lowest BCUT2D eigenvalue weighted by molar-refractivity contribution is -0.149. The number of hydrogen-bond donors (Lipinski definition) is 2. The smallest absolute Gasteiger partial charge is 0.317 e. The number of aliphatic carboxylic acids is 1. The molecule has 5 nitrogen and oxygen atoms in total. The van der Waals surface area contributed by atoms with Gasteiger partial charge in [-0.2, -0.15) is 0 Å². The van der Waals surface area contributed by atoms with Gasteiger partial charge >= 0.3 is 12.0 Å². The number of nitrogens with zero attached hydrogens (tertiary/aromatic N) is 1. The molecule has 0 radical (unpaired) electrons. The first-order valence-electron chi connectivity index (χ1n) is 7.93. The molecule has 0 unspecified atom stereocenters. The zero-order valence-corrected chi connectivity index (χ0v) is 14.7. The normalized spacial score (nSPS) is 26.2. The highest BCUT2D eigenvalue weighted by Gasteiger charge is 2.55. The number of carboxylic acid groups (broad SMARTS) is 1. The molecule has 1 aliphatic heterocycles. The number of hydrogen-bond acceptors (Lipinski definition) is 2. The van der Waals surface area contributed by atoms with Crippen molar-refractivity contribution in [1.29, 1.82) is 0 Å². The van der Waals surface area contributed by atoms with Crippen molar-refractivity contribution in [2.75, 3.05) is 13.1 Å². The van der Waals surface area contributed by atoms with Crippen LogP contribution in [0.1, 0.15) is 30.4 Å². The molecule has 1 saturated carbocycles. The number of carbonyl (C=O) groups excluding carboxylic acids is 1. The molecule has 0 spiro atoms. The SMILES string of the molecule is Cc1cc(Br)ccc1CNC(=O)N1C[C@@H]2CCC[C@@]2(C(=O)O)C1. The Balaban J connectivity index is 1.63. The van der Waals surface area contributed by atoms with E-state index in [2.05, 4.69) is 21.2 Å². The van der Waals surface area contributed by atoms with Gasteiger partial charge in [0.2, 0.25) is 0 Å². The average molecular weight is 381 g/mol. The monoisotopic (exact) mass is 380 g/mol. The lowest BCUT2D eigenvalue weighted by Gasteiger charge is -2.23. The maximum Gasteiger partial charge on any atom is 0.317 e. The van der Waals surface area contributed by atoms with Crippen LogP contribution in [0.25, 0.3) is 0 Å². The molecule has 3 rings (SSSR count). The molecule has 2 N–H and O–H groups in total. The minimum Gasteiger partial charge on any atom is -0.481 e. The maximum atomic E-state index is 12.4. The zero-order valence-electron chi connectivity index (χ0n) is 13.1. The van der Waals surface area contributed by atoms with E-state index in [-0.39, 0.29) is 11.9 Å². The van der Waals surface area contributed by atoms with Crippen molar-refractivity contribution in [1.82, 2.24) is 10.2 Å². The van der Waals surface area contributed by atoms with Gasteiger partial charge in [0.05, 0.1) is 5.41 Å². The fraction of sp³-hybridized carbons (Fsp3) is 0.529. The van der Waals surface area contributed by atoms with Crippen molar-refractivity contribution in [2.24, 2.45) is 11.3 Å². The molecular formula is C17H21BrN2O3. The summed E-state index contributed by atoms with van der Waals surface area (Å²) in [6, 6.07) is 5.79. The number of carbonyl (C=O) groups is 2. The number of rotatable bonds is 3. The molecule has 1 aromatic carbocycles. The second-order valence-corrected chi connectivity index (χ2v) is 7.58. The third-order valence-electron chi connectivity index (χ3n) is 5.32. The van der Waals surface area contributed by atoms with Crippen LogP contribution in [0, 0.1) is 18.3 Å². The predicted octanol–water partition coefficient (Wildman–Crippen LogP) is 3.15. The molecule has 2 fully saturated rings. The first-order valence-corrected chi connectivity index (χ1v) is 8.73. The maximum absolute atomic E-state index is 12.4. The van der Waals surface area contributed by atoms with Crippen LogP contribution in [-0.4, -0.2) is 35.1 Å². The Morgan fingerprint density at radius 3 is 2.91 bits per heavy atom. The molecule has 23 heavy (non-hydrogen) atoms. The molecule has 124 valence electrons. The van der Waals surface area contributed by atoms with Gasteiger partial charge in [-0.3, -0.25) is 4.79 Å². The van der Waals surface area contributed by atoms with Crippen molar-refractivity contribution in [2.45, 2.75) is 32.7 Å². The summed E-state index contributed by atoms with van der Waals surface area (Å²) >= 11 is 3.43. The standard InChI is InChI=1S/C17H21BrN2O3/c1-11-7-14(18)5-4-12(11)8-19-16(23)20-9-13-3-2-6-17(13,10-20)15(21)22/h4-5,7,13H,2-3,6,8-10H2,1H3,(H,19,23)(H,21,22)/t13-,17+/m0/s1. The summed E-state index contributed by atoms with van der Waals surface area (Å²) in [5.41, 5.74) is 1.46. The Kier molecular flexibility index (Phi) is 4.36. The van der Waals surface area contributed by atoms with E-state index < -0.39 is 11.4 Å². The Labute approximate surface area is 144 Å². The molecular weight excluding hydrogens is 360 g/mol. The molecule has 2 atom stereocenters. The number of halogens is 1. The van der Waals surface area contributed by atoms with E-state index >= 15 is 0 Å². The fourth-order valence-corrected chi connectivity index (χ4v) is 4.41. The minimum absolute atomic E-state index is 0.0974. The molecule has 1 heterocycles. The van der Waals surface area contributed by atoms with Gasteiger partial charge < -0.3 is 15.3 Å². The van der Waals surface area contributed by atoms with E-state index in [9.17, 15) is 14.7 Å². The van der Waals surface area contributed by atoms with E-state index in [0.29, 0.717) is 26.1 Å². The van der Waals surface area contributed by atoms with Gasteiger partial charge in [0.15, 0.2) is 0 Å². The van der Waals surface area contributed by atoms with Gasteiger partial charge in [0.1, 0.15) is 0 Å². The lowest BCUT2D eigenvalue weighted by atomic mass is 9.81. The third kappa shape index (κ3) is 2.96. The zero-order chi connectivity index (χ0) is 16.6. The molecule has 1 aromatic rings. The van der Waals surface area contributed by atoms with Crippen LogP contribution in [-0.2, 0) is 11.3 Å². The van der Waals surface area contributed by atoms with Crippen LogP contribution >= 0.6 is 15.9 Å². The van der Waals surface area contributed by atoms with Crippen LogP contribution in [0.5, 0.6) is 0 Å². The van der Waals surface area contributed by atoms with Crippen molar-refractivity contribution in [3.8, 4) is 0 Å². The van der Waals surface area contributed by atoms with Crippen molar-refractivity contribution < 1.29 is 14.7 Å². The Morgan fingerprint density at radius 2 is 2.26 bits per heavy atom. The summed E-state index contributed by atoms with van der Waals surface area (Å²) in [6.45, 7) is 3.35. The van der Waals surface area contributed by atoms with E-state index in [1.54, 1.807) is 4.90 Å². The number of nitrogens with one attached hydrogen (secondary N) is 1. The number of urea groups is 1. The van der Waals surface area contributed by atoms with Crippen LogP contribution in [0.2, 0.25) is 0 Å². The Bertz CT molecular complexity index is 649. The molecule has 0 bridgehead atoms. The number of aryl methyl sites for hydroxylation is 1. The highest BCUT2D eigenvalue weighted by atomic mass is 79.9. The first-order chi connectivity index (χ1) is 10.9. The van der Waals surface area contributed by atoms with Crippen LogP contribution in [0.3, 0.4) is 0 Å². The van der Waals surface area contributed by atoms with Crippen LogP contribution in [0.15, 0.2) is 22.7 Å². The lowest BCUT2D eigenvalue weighted by Crippen LogP contribution is -2.41. The summed E-state index contributed by atoms with van der Waals surface area (Å²) < 4.78 is 1.01. The Morgan fingerprint density at radius 1 is 1.48 bits per heavy atom. The number of amides is 2. The molecule has 2 aliphatic rings. The van der Waals surface area contributed by atoms with Gasteiger partial charge in [-0.15, -0.1) is 0 Å². The van der Waals surface area contributed by atoms with Crippen LogP contribution < -0.4 is 5.32 Å². The predicted molar refractivity (Wildman–Crippen MR) is 90.1 cm³/mol. The number of carboxylic acids is 1. The summed E-state index contributed by atoms with van der Waals surface area (Å²) in [6.07, 6.45) is 2.54. The van der Waals surface area contributed by atoms with Gasteiger partial charge in [-0.1, -0.05) is 28.4 Å². The van der Waals surface area contributed by atoms with Gasteiger partial charge in [-0.05, 0) is 48.9 Å². The largest absolute Gasteiger partial charge is 0.481 e. The van der Waals surface area contributed by atoms with Crippen molar-refractivity contribution >= 4 is 27.9 Å². The Hall–Kier alpha value is -1.56. The molecule has 2 amide bonds. The summed E-state index contributed by atoms with van der Waals surface area (Å²) in [5.74, 6) is -0.653. The minimum atomic E-state index is -0.751. The van der Waals surface area contributed by atoms with E-state index in [4.69, 9.17) is 0 Å². The summed E-state index contributed by atoms with van der Waals surface area (Å²) in [4.78, 5) is 25.7. The molecule has 0 aromatic heterocycles. The summed E-state index contributed by atoms with van der Waals surface area (Å²) in [5, 5.41) is 12.5. The van der Waals surface area contributed by atoms with Gasteiger partial charge in [-0.25, -0.2) is 4.79 Å². The highest BCUT2D eigenvalue weighted by Crippen LogP contribution is 2.48. The summed E-state index contributed by atoms with van der Waals surface area (Å²) in [7, 11) is 0. The number of benzene rings is 1. The topological polar surface area (TPSA) is 69.6 Å². The molecule has 6 heteroatoms. The van der Waals surface area contributed by atoms with E-state index in [1.807, 2.05) is 25.1 Å². The van der Waals surface area contributed by atoms with Gasteiger partial charge in [0.25, 0.3) is 0 Å². The number of fused-ring (bicyclic) bond motifs is 1. The van der Waals surface area contributed by atoms with Crippen molar-refractivity contribution in [3.05, 3.63) is 33.8 Å². The fourth-order valence-electron chi connectivity index (χ4n) is 3.93. The second-order valence-electron chi connectivity index (χ2n) is 6.66. The van der Waals surface area contributed by atoms with Gasteiger partial charge in [0, 0.05) is 24.1 Å².